The summed E-state index contributed by atoms with van der Waals surface area (Å²) in [7, 11) is 0. The normalized spacial score (nSPS) is 15.4. The van der Waals surface area contributed by atoms with Crippen LogP contribution in [0.5, 0.6) is 0 Å². The van der Waals surface area contributed by atoms with E-state index in [-0.39, 0.29) is 11.1 Å². The summed E-state index contributed by atoms with van der Waals surface area (Å²) < 4.78 is 1.45. The average molecular weight is 272 g/mol. The molecular formula is C15H16N2O3. The molecule has 3 rings (SSSR count). The van der Waals surface area contributed by atoms with Gasteiger partial charge < -0.3 is 5.11 Å². The lowest BCUT2D eigenvalue weighted by atomic mass is 9.98. The molecule has 0 unspecified atom stereocenters. The van der Waals surface area contributed by atoms with Crippen molar-refractivity contribution in [2.75, 3.05) is 0 Å². The number of carboxylic acid groups (broad SMARTS) is 1. The molecule has 0 amide bonds. The van der Waals surface area contributed by atoms with Crippen LogP contribution in [0.25, 0.3) is 5.65 Å². The Morgan fingerprint density at radius 1 is 1.20 bits per heavy atom. The van der Waals surface area contributed by atoms with Crippen LogP contribution in [0, 0.1) is 0 Å². The smallest absolute Gasteiger partial charge is 0.335 e. The number of hydrogen-bond acceptors (Lipinski definition) is 3. The number of carbonyl (C=O) groups is 1. The minimum atomic E-state index is -1.01. The molecule has 0 spiro atoms. The van der Waals surface area contributed by atoms with E-state index in [0.29, 0.717) is 5.65 Å². The number of aromatic carboxylic acids is 1. The number of carboxylic acids is 1. The lowest BCUT2D eigenvalue weighted by Gasteiger charge is -2.13. The van der Waals surface area contributed by atoms with Gasteiger partial charge in [-0.1, -0.05) is 12.8 Å². The van der Waals surface area contributed by atoms with E-state index in [0.717, 1.165) is 49.8 Å². The summed E-state index contributed by atoms with van der Waals surface area (Å²) in [6, 6.07) is 2.90. The predicted octanol–water partition coefficient (Wildman–Crippen LogP) is 2.05. The highest BCUT2D eigenvalue weighted by atomic mass is 16.4. The molecule has 2 aromatic heterocycles. The van der Waals surface area contributed by atoms with Gasteiger partial charge in [0.05, 0.1) is 11.3 Å². The second-order valence-electron chi connectivity index (χ2n) is 5.21. The Morgan fingerprint density at radius 2 is 1.95 bits per heavy atom. The van der Waals surface area contributed by atoms with E-state index in [9.17, 15) is 9.59 Å². The molecule has 0 aromatic carbocycles. The molecule has 5 heteroatoms. The van der Waals surface area contributed by atoms with Crippen LogP contribution in [0.3, 0.4) is 0 Å². The first kappa shape index (κ1) is 12.8. The second-order valence-corrected chi connectivity index (χ2v) is 5.21. The van der Waals surface area contributed by atoms with Gasteiger partial charge in [0.25, 0.3) is 5.56 Å². The van der Waals surface area contributed by atoms with E-state index in [1.54, 1.807) is 0 Å². The molecule has 20 heavy (non-hydrogen) atoms. The Kier molecular flexibility index (Phi) is 3.26. The van der Waals surface area contributed by atoms with E-state index < -0.39 is 5.97 Å². The first-order valence-corrected chi connectivity index (χ1v) is 6.94. The molecule has 0 aliphatic heterocycles. The third-order valence-electron chi connectivity index (χ3n) is 3.85. The van der Waals surface area contributed by atoms with Gasteiger partial charge >= 0.3 is 5.97 Å². The topological polar surface area (TPSA) is 71.7 Å². The zero-order valence-corrected chi connectivity index (χ0v) is 11.1. The van der Waals surface area contributed by atoms with Crippen LogP contribution in [0.1, 0.15) is 47.3 Å². The van der Waals surface area contributed by atoms with E-state index in [1.165, 1.54) is 22.7 Å². The Morgan fingerprint density at radius 3 is 2.70 bits per heavy atom. The van der Waals surface area contributed by atoms with Crippen LogP contribution in [0.2, 0.25) is 0 Å². The maximum atomic E-state index is 12.5. The van der Waals surface area contributed by atoms with Crippen molar-refractivity contribution in [3.8, 4) is 0 Å². The quantitative estimate of drug-likeness (QED) is 0.862. The van der Waals surface area contributed by atoms with Crippen molar-refractivity contribution in [2.45, 2.75) is 38.5 Å². The fourth-order valence-electron chi connectivity index (χ4n) is 2.76. The van der Waals surface area contributed by atoms with Gasteiger partial charge in [0.1, 0.15) is 5.65 Å². The summed E-state index contributed by atoms with van der Waals surface area (Å²) in [5.41, 5.74) is 2.17. The number of rotatable bonds is 1. The van der Waals surface area contributed by atoms with E-state index >= 15 is 0 Å². The molecule has 1 aliphatic carbocycles. The monoisotopic (exact) mass is 272 g/mol. The Hall–Kier alpha value is -2.17. The van der Waals surface area contributed by atoms with Crippen LogP contribution in [-0.4, -0.2) is 20.5 Å². The molecule has 5 nitrogen and oxygen atoms in total. The number of nitrogens with zero attached hydrogens (tertiary/aromatic N) is 2. The molecule has 2 aromatic rings. The van der Waals surface area contributed by atoms with Gasteiger partial charge in [-0.25, -0.2) is 9.78 Å². The summed E-state index contributed by atoms with van der Waals surface area (Å²) in [5, 5.41) is 9.02. The highest BCUT2D eigenvalue weighted by Gasteiger charge is 2.15. The second kappa shape index (κ2) is 5.07. The number of aryl methyl sites for hydroxylation is 1. The van der Waals surface area contributed by atoms with E-state index in [4.69, 9.17) is 5.11 Å². The summed E-state index contributed by atoms with van der Waals surface area (Å²) in [4.78, 5) is 28.0. The van der Waals surface area contributed by atoms with Gasteiger partial charge in [0.2, 0.25) is 0 Å². The van der Waals surface area contributed by atoms with Crippen LogP contribution in [0.4, 0.5) is 0 Å². The van der Waals surface area contributed by atoms with Gasteiger partial charge in [-0.2, -0.15) is 0 Å². The van der Waals surface area contributed by atoms with Gasteiger partial charge in [-0.15, -0.1) is 0 Å². The molecule has 2 heterocycles. The molecule has 1 N–H and O–H groups in total. The van der Waals surface area contributed by atoms with Crippen LogP contribution in [-0.2, 0) is 12.8 Å². The highest BCUT2D eigenvalue weighted by Crippen LogP contribution is 2.17. The number of aromatic nitrogens is 2. The zero-order valence-electron chi connectivity index (χ0n) is 11.1. The van der Waals surface area contributed by atoms with Gasteiger partial charge in [0.15, 0.2) is 0 Å². The first-order valence-electron chi connectivity index (χ1n) is 6.94. The first-order chi connectivity index (χ1) is 9.66. The van der Waals surface area contributed by atoms with Crippen molar-refractivity contribution >= 4 is 11.6 Å². The fraction of sp³-hybridized carbons (Fsp3) is 0.400. The van der Waals surface area contributed by atoms with Crippen molar-refractivity contribution in [3.05, 3.63) is 45.5 Å². The number of pyridine rings is 1. The predicted molar refractivity (Wildman–Crippen MR) is 74.3 cm³/mol. The molecule has 0 fully saturated rings. The van der Waals surface area contributed by atoms with Gasteiger partial charge in [-0.05, 0) is 37.8 Å². The third-order valence-corrected chi connectivity index (χ3v) is 3.85. The summed E-state index contributed by atoms with van der Waals surface area (Å²) in [6.07, 6.45) is 7.45. The Balaban J connectivity index is 2.22. The van der Waals surface area contributed by atoms with Crippen molar-refractivity contribution in [1.82, 2.24) is 9.38 Å². The minimum Gasteiger partial charge on any atom is -0.478 e. The maximum Gasteiger partial charge on any atom is 0.335 e. The molecule has 0 radical (unpaired) electrons. The van der Waals surface area contributed by atoms with E-state index in [1.807, 2.05) is 0 Å². The average Bonchev–Trinajstić information content (AvgIpc) is 2.40. The van der Waals surface area contributed by atoms with Crippen molar-refractivity contribution in [2.24, 2.45) is 0 Å². The molecule has 1 aliphatic rings. The molecule has 104 valence electrons. The molecular weight excluding hydrogens is 256 g/mol. The van der Waals surface area contributed by atoms with Crippen molar-refractivity contribution in [1.29, 1.82) is 0 Å². The summed E-state index contributed by atoms with van der Waals surface area (Å²) in [6.45, 7) is 0. The SMILES string of the molecule is O=C(O)c1ccn2c(=O)c3c(nc2c1)CCCCCC3. The summed E-state index contributed by atoms with van der Waals surface area (Å²) in [5.74, 6) is -1.01. The maximum absolute atomic E-state index is 12.5. The van der Waals surface area contributed by atoms with Gasteiger partial charge in [0, 0.05) is 11.8 Å². The van der Waals surface area contributed by atoms with Crippen molar-refractivity contribution < 1.29 is 9.90 Å². The van der Waals surface area contributed by atoms with E-state index in [2.05, 4.69) is 4.98 Å². The minimum absolute atomic E-state index is 0.0520. The lowest BCUT2D eigenvalue weighted by Crippen LogP contribution is -2.23. The molecule has 0 bridgehead atoms. The molecule has 0 atom stereocenters. The molecule has 0 saturated heterocycles. The van der Waals surface area contributed by atoms with Gasteiger partial charge in [-0.3, -0.25) is 9.20 Å². The van der Waals surface area contributed by atoms with Crippen LogP contribution >= 0.6 is 0 Å². The standard InChI is InChI=1S/C15H16N2O3/c18-14-11-5-3-1-2-4-6-12(11)16-13-9-10(15(19)20)7-8-17(13)14/h7-9H,1-6H2,(H,19,20). The Bertz CT molecular complexity index is 734. The number of fused-ring (bicyclic) bond motifs is 2. The van der Waals surface area contributed by atoms with Crippen LogP contribution in [0.15, 0.2) is 23.1 Å². The summed E-state index contributed by atoms with van der Waals surface area (Å²) >= 11 is 0. The zero-order chi connectivity index (χ0) is 14.1. The largest absolute Gasteiger partial charge is 0.478 e. The third kappa shape index (κ3) is 2.19. The molecule has 0 saturated carbocycles. The van der Waals surface area contributed by atoms with Crippen LogP contribution < -0.4 is 5.56 Å². The highest BCUT2D eigenvalue weighted by molar-refractivity contribution is 5.88. The number of hydrogen-bond donors (Lipinski definition) is 1. The Labute approximate surface area is 115 Å². The lowest BCUT2D eigenvalue weighted by molar-refractivity contribution is 0.0697. The fourth-order valence-corrected chi connectivity index (χ4v) is 2.76. The van der Waals surface area contributed by atoms with Crippen molar-refractivity contribution in [3.63, 3.8) is 0 Å².